The molecule has 0 radical (unpaired) electrons. The molecule has 2 saturated heterocycles. The molecule has 2 aliphatic heterocycles. The number of hydrogen-bond acceptors (Lipinski definition) is 3. The van der Waals surface area contributed by atoms with Gasteiger partial charge < -0.3 is 20.3 Å². The minimum Gasteiger partial charge on any atom is -0.377 e. The third-order valence-corrected chi connectivity index (χ3v) is 7.20. The molecular weight excluding hydrogens is 324 g/mol. The van der Waals surface area contributed by atoms with Crippen molar-refractivity contribution >= 4 is 5.96 Å². The molecule has 0 aromatic carbocycles. The minimum absolute atomic E-state index is 0.415. The van der Waals surface area contributed by atoms with Crippen molar-refractivity contribution in [2.75, 3.05) is 32.8 Å². The van der Waals surface area contributed by atoms with Gasteiger partial charge in [0.05, 0.1) is 6.10 Å². The number of ether oxygens (including phenoxy) is 1. The third kappa shape index (κ3) is 3.37. The minimum atomic E-state index is 0.415. The van der Waals surface area contributed by atoms with Gasteiger partial charge in [0.1, 0.15) is 0 Å². The first-order valence-electron chi connectivity index (χ1n) is 11.0. The van der Waals surface area contributed by atoms with Gasteiger partial charge >= 0.3 is 0 Å². The molecule has 148 valence electrons. The molecule has 5 nitrogen and oxygen atoms in total. The van der Waals surface area contributed by atoms with Gasteiger partial charge in [0.25, 0.3) is 0 Å². The number of nitrogens with zero attached hydrogens (tertiary/aromatic N) is 2. The highest BCUT2D eigenvalue weighted by Gasteiger charge is 2.66. The van der Waals surface area contributed by atoms with Crippen LogP contribution in [-0.2, 0) is 4.74 Å². The number of aliphatic imine (C=N–C) groups is 1. The van der Waals surface area contributed by atoms with E-state index in [1.54, 1.807) is 0 Å². The van der Waals surface area contributed by atoms with E-state index in [4.69, 9.17) is 9.73 Å². The summed E-state index contributed by atoms with van der Waals surface area (Å²) in [6.45, 7) is 12.2. The highest BCUT2D eigenvalue weighted by molar-refractivity contribution is 5.80. The van der Waals surface area contributed by atoms with Crippen LogP contribution >= 0.6 is 0 Å². The Hall–Kier alpha value is -0.810. The second-order valence-corrected chi connectivity index (χ2v) is 9.39. The van der Waals surface area contributed by atoms with Gasteiger partial charge in [-0.2, -0.15) is 0 Å². The maximum atomic E-state index is 6.07. The van der Waals surface area contributed by atoms with E-state index in [2.05, 4.69) is 36.3 Å². The highest BCUT2D eigenvalue weighted by Crippen LogP contribution is 2.62. The Morgan fingerprint density at radius 2 is 1.96 bits per heavy atom. The molecule has 5 heteroatoms. The van der Waals surface area contributed by atoms with Crippen molar-refractivity contribution in [3.63, 3.8) is 0 Å². The summed E-state index contributed by atoms with van der Waals surface area (Å²) >= 11 is 0. The van der Waals surface area contributed by atoms with Gasteiger partial charge in [0.2, 0.25) is 0 Å². The van der Waals surface area contributed by atoms with E-state index in [-0.39, 0.29) is 0 Å². The van der Waals surface area contributed by atoms with Gasteiger partial charge in [0, 0.05) is 56.2 Å². The van der Waals surface area contributed by atoms with Gasteiger partial charge in [-0.05, 0) is 44.9 Å². The summed E-state index contributed by atoms with van der Waals surface area (Å²) in [7, 11) is 0. The van der Waals surface area contributed by atoms with E-state index >= 15 is 0 Å². The van der Waals surface area contributed by atoms with E-state index in [1.165, 1.54) is 58.2 Å². The summed E-state index contributed by atoms with van der Waals surface area (Å²) in [4.78, 5) is 7.40. The Balaban J connectivity index is 1.32. The molecule has 2 saturated carbocycles. The van der Waals surface area contributed by atoms with Crippen LogP contribution in [0.15, 0.2) is 4.99 Å². The Labute approximate surface area is 159 Å². The zero-order chi connectivity index (χ0) is 18.1. The van der Waals surface area contributed by atoms with Crippen LogP contribution in [0.3, 0.4) is 0 Å². The smallest absolute Gasteiger partial charge is 0.191 e. The molecule has 4 aliphatic rings. The first-order valence-corrected chi connectivity index (χ1v) is 11.0. The van der Waals surface area contributed by atoms with Crippen molar-refractivity contribution in [3.05, 3.63) is 0 Å². The summed E-state index contributed by atoms with van der Waals surface area (Å²) in [6, 6.07) is 1.13. The van der Waals surface area contributed by atoms with Crippen molar-refractivity contribution < 1.29 is 4.74 Å². The normalized spacial score (nSPS) is 34.5. The van der Waals surface area contributed by atoms with Crippen LogP contribution in [0.5, 0.6) is 0 Å². The molecule has 3 unspecified atom stereocenters. The standard InChI is InChI=1S/C21H38N4O/c1-4-22-20(23-16-6-11-25(12-7-16)14-15(2)3)24-18-17-8-13-26-19(17)21(18)9-5-10-21/h15-19H,4-14H2,1-3H3,(H2,22,23,24). The summed E-state index contributed by atoms with van der Waals surface area (Å²) in [5.74, 6) is 2.51. The number of likely N-dealkylation sites (tertiary alicyclic amines) is 1. The lowest BCUT2D eigenvalue weighted by Gasteiger charge is -2.63. The van der Waals surface area contributed by atoms with Crippen LogP contribution in [0.4, 0.5) is 0 Å². The van der Waals surface area contributed by atoms with Crippen molar-refractivity contribution in [2.24, 2.45) is 22.2 Å². The lowest BCUT2D eigenvalue weighted by Crippen LogP contribution is -2.72. The number of guanidine groups is 1. The number of hydrogen-bond donors (Lipinski definition) is 2. The zero-order valence-electron chi connectivity index (χ0n) is 17.0. The molecule has 0 bridgehead atoms. The lowest BCUT2D eigenvalue weighted by molar-refractivity contribution is -0.171. The average Bonchev–Trinajstić information content (AvgIpc) is 2.98. The van der Waals surface area contributed by atoms with Gasteiger partial charge in [-0.15, -0.1) is 0 Å². The summed E-state index contributed by atoms with van der Waals surface area (Å²) in [5, 5.41) is 7.62. The third-order valence-electron chi connectivity index (χ3n) is 7.20. The van der Waals surface area contributed by atoms with E-state index < -0.39 is 0 Å². The summed E-state index contributed by atoms with van der Waals surface area (Å²) < 4.78 is 6.07. The average molecular weight is 363 g/mol. The first kappa shape index (κ1) is 18.5. The number of rotatable bonds is 5. The molecule has 2 N–H and O–H groups in total. The second kappa shape index (κ2) is 7.67. The zero-order valence-corrected chi connectivity index (χ0v) is 17.0. The van der Waals surface area contributed by atoms with Gasteiger partial charge in [0.15, 0.2) is 5.96 Å². The Morgan fingerprint density at radius 3 is 2.58 bits per heavy atom. The van der Waals surface area contributed by atoms with Crippen LogP contribution in [-0.4, -0.2) is 61.8 Å². The van der Waals surface area contributed by atoms with Crippen molar-refractivity contribution in [1.82, 2.24) is 15.5 Å². The fourth-order valence-corrected chi connectivity index (χ4v) is 5.86. The monoisotopic (exact) mass is 362 g/mol. The molecule has 3 atom stereocenters. The maximum Gasteiger partial charge on any atom is 0.191 e. The van der Waals surface area contributed by atoms with E-state index in [9.17, 15) is 0 Å². The Bertz CT molecular complexity index is 508. The summed E-state index contributed by atoms with van der Waals surface area (Å²) in [6.07, 6.45) is 8.22. The topological polar surface area (TPSA) is 48.9 Å². The van der Waals surface area contributed by atoms with Crippen LogP contribution in [0.25, 0.3) is 0 Å². The molecule has 0 aromatic heterocycles. The fraction of sp³-hybridized carbons (Fsp3) is 0.952. The molecule has 2 heterocycles. The quantitative estimate of drug-likeness (QED) is 0.583. The predicted molar refractivity (Wildman–Crippen MR) is 106 cm³/mol. The van der Waals surface area contributed by atoms with Gasteiger partial charge in [-0.1, -0.05) is 20.3 Å². The Morgan fingerprint density at radius 1 is 1.19 bits per heavy atom. The van der Waals surface area contributed by atoms with E-state index in [0.29, 0.717) is 29.5 Å². The van der Waals surface area contributed by atoms with Crippen LogP contribution in [0.1, 0.15) is 59.3 Å². The lowest BCUT2D eigenvalue weighted by atomic mass is 9.46. The SMILES string of the molecule is CCN=C(NC1CCN(CC(C)C)CC1)NC1C2CCOC2C12CCC2. The van der Waals surface area contributed by atoms with Crippen LogP contribution in [0, 0.1) is 17.3 Å². The molecule has 4 fully saturated rings. The van der Waals surface area contributed by atoms with Crippen molar-refractivity contribution in [2.45, 2.75) is 77.5 Å². The molecule has 0 aromatic rings. The second-order valence-electron chi connectivity index (χ2n) is 9.39. The molecule has 2 aliphatic carbocycles. The number of fused-ring (bicyclic) bond motifs is 2. The van der Waals surface area contributed by atoms with Gasteiger partial charge in [-0.25, -0.2) is 0 Å². The van der Waals surface area contributed by atoms with E-state index in [1.807, 2.05) is 0 Å². The van der Waals surface area contributed by atoms with Gasteiger partial charge in [-0.3, -0.25) is 4.99 Å². The molecule has 1 spiro atoms. The van der Waals surface area contributed by atoms with Crippen molar-refractivity contribution in [1.29, 1.82) is 0 Å². The highest BCUT2D eigenvalue weighted by atomic mass is 16.5. The molecule has 4 rings (SSSR count). The predicted octanol–water partition coefficient (Wildman–Crippen LogP) is 2.62. The molecular formula is C21H38N4O. The Kier molecular flexibility index (Phi) is 5.47. The van der Waals surface area contributed by atoms with E-state index in [0.717, 1.165) is 25.0 Å². The van der Waals surface area contributed by atoms with Crippen LogP contribution < -0.4 is 10.6 Å². The molecule has 0 amide bonds. The fourth-order valence-electron chi connectivity index (χ4n) is 5.86. The van der Waals surface area contributed by atoms with Crippen molar-refractivity contribution in [3.8, 4) is 0 Å². The first-order chi connectivity index (χ1) is 12.6. The van der Waals surface area contributed by atoms with Crippen LogP contribution in [0.2, 0.25) is 0 Å². The summed E-state index contributed by atoms with van der Waals surface area (Å²) in [5.41, 5.74) is 0.415. The molecule has 26 heavy (non-hydrogen) atoms. The maximum absolute atomic E-state index is 6.07. The largest absolute Gasteiger partial charge is 0.377 e. The number of piperidine rings is 1. The number of nitrogens with one attached hydrogen (secondary N) is 2.